The SMILES string of the molecule is CC1=CC(=O)C(CN(CC(=O)O)CC(=O)O)=C/C1=C(/c1cc(CN(CC(=O)O)CC(=O)O)c([O-])cc1C)c1ccccc1S(=O)(=O)O.[Na+]. The predicted octanol–water partition coefficient (Wildman–Crippen LogP) is -1.98. The van der Waals surface area contributed by atoms with E-state index in [0.29, 0.717) is 11.1 Å². The Labute approximate surface area is 297 Å². The maximum Gasteiger partial charge on any atom is 1.00 e. The van der Waals surface area contributed by atoms with Gasteiger partial charge in [-0.1, -0.05) is 30.3 Å². The smallest absolute Gasteiger partial charge is 0.872 e. The number of allylic oxidation sites excluding steroid dienone is 4. The van der Waals surface area contributed by atoms with Gasteiger partial charge < -0.3 is 25.5 Å². The minimum atomic E-state index is -4.87. The molecule has 2 aromatic rings. The number of nitrogens with zero attached hydrogens (tertiary/aromatic N) is 2. The summed E-state index contributed by atoms with van der Waals surface area (Å²) in [5.74, 6) is -6.52. The number of ketones is 1. The van der Waals surface area contributed by atoms with Gasteiger partial charge in [-0.25, -0.2) is 0 Å². The topological polar surface area (TPSA) is 250 Å². The molecular formula is C31H31N2NaO13S. The van der Waals surface area contributed by atoms with Crippen molar-refractivity contribution in [1.82, 2.24) is 9.80 Å². The van der Waals surface area contributed by atoms with Gasteiger partial charge in [0.25, 0.3) is 10.1 Å². The quantitative estimate of drug-likeness (QED) is 0.100. The molecule has 0 spiro atoms. The van der Waals surface area contributed by atoms with Crippen molar-refractivity contribution in [2.75, 3.05) is 32.7 Å². The van der Waals surface area contributed by atoms with Gasteiger partial charge in [0.1, 0.15) is 4.90 Å². The molecular weight excluding hydrogens is 663 g/mol. The van der Waals surface area contributed by atoms with Crippen molar-refractivity contribution in [1.29, 1.82) is 0 Å². The average Bonchev–Trinajstić information content (AvgIpc) is 2.91. The fourth-order valence-electron chi connectivity index (χ4n) is 5.15. The Morgan fingerprint density at radius 2 is 1.27 bits per heavy atom. The molecule has 0 radical (unpaired) electrons. The van der Waals surface area contributed by atoms with E-state index in [1.165, 1.54) is 56.3 Å². The third kappa shape index (κ3) is 10.7. The first-order valence-corrected chi connectivity index (χ1v) is 15.2. The molecule has 250 valence electrons. The van der Waals surface area contributed by atoms with Gasteiger partial charge in [0, 0.05) is 24.2 Å². The Bertz CT molecular complexity index is 1820. The predicted molar refractivity (Wildman–Crippen MR) is 162 cm³/mol. The number of carbonyl (C=O) groups is 5. The van der Waals surface area contributed by atoms with E-state index < -0.39 is 89.7 Å². The Balaban J connectivity index is 0.00000800. The molecule has 0 amide bonds. The van der Waals surface area contributed by atoms with Crippen molar-refractivity contribution in [3.8, 4) is 5.75 Å². The second kappa shape index (κ2) is 16.8. The summed E-state index contributed by atoms with van der Waals surface area (Å²) in [6, 6.07) is 7.87. The van der Waals surface area contributed by atoms with Crippen molar-refractivity contribution in [3.63, 3.8) is 0 Å². The van der Waals surface area contributed by atoms with Crippen LogP contribution in [0.5, 0.6) is 5.75 Å². The molecule has 0 aromatic heterocycles. The van der Waals surface area contributed by atoms with Crippen molar-refractivity contribution in [3.05, 3.63) is 87.5 Å². The average molecular weight is 695 g/mol. The summed E-state index contributed by atoms with van der Waals surface area (Å²) in [5, 5.41) is 50.2. The minimum Gasteiger partial charge on any atom is -0.872 e. The number of carboxylic acids is 4. The van der Waals surface area contributed by atoms with Crippen LogP contribution in [0, 0.1) is 6.92 Å². The van der Waals surface area contributed by atoms with Crippen molar-refractivity contribution < 1.29 is 92.0 Å². The van der Waals surface area contributed by atoms with Crippen LogP contribution in [0.3, 0.4) is 0 Å². The van der Waals surface area contributed by atoms with Crippen LogP contribution in [-0.2, 0) is 40.6 Å². The zero-order chi connectivity index (χ0) is 35.2. The van der Waals surface area contributed by atoms with E-state index in [-0.39, 0.29) is 63.0 Å². The number of benzene rings is 2. The van der Waals surface area contributed by atoms with Crippen molar-refractivity contribution in [2.45, 2.75) is 25.3 Å². The molecule has 5 N–H and O–H groups in total. The number of aliphatic carboxylic acids is 4. The minimum absolute atomic E-state index is 0. The third-order valence-corrected chi connectivity index (χ3v) is 7.92. The van der Waals surface area contributed by atoms with Crippen molar-refractivity contribution in [2.24, 2.45) is 0 Å². The molecule has 3 rings (SSSR count). The van der Waals surface area contributed by atoms with Crippen LogP contribution < -0.4 is 34.7 Å². The summed E-state index contributed by atoms with van der Waals surface area (Å²) in [6.07, 6.45) is 2.54. The number of carbonyl (C=O) groups excluding carboxylic acids is 1. The number of hydrogen-bond acceptors (Lipinski definition) is 10. The fraction of sp³-hybridized carbons (Fsp3) is 0.258. The van der Waals surface area contributed by atoms with Crippen LogP contribution in [0.4, 0.5) is 0 Å². The van der Waals surface area contributed by atoms with Gasteiger partial charge in [-0.2, -0.15) is 8.42 Å². The number of rotatable bonds is 15. The van der Waals surface area contributed by atoms with Gasteiger partial charge in [0.2, 0.25) is 0 Å². The van der Waals surface area contributed by atoms with Crippen molar-refractivity contribution >= 4 is 45.4 Å². The van der Waals surface area contributed by atoms with E-state index in [4.69, 9.17) is 0 Å². The van der Waals surface area contributed by atoms with Gasteiger partial charge in [-0.15, -0.1) is 5.75 Å². The largest absolute Gasteiger partial charge is 1.00 e. The molecule has 0 heterocycles. The molecule has 1 aliphatic carbocycles. The normalized spacial score (nSPS) is 14.2. The van der Waals surface area contributed by atoms with Gasteiger partial charge in [-0.05, 0) is 65.5 Å². The number of carboxylic acid groups (broad SMARTS) is 4. The molecule has 1 aliphatic rings. The van der Waals surface area contributed by atoms with E-state index in [1.807, 2.05) is 0 Å². The first kappa shape index (κ1) is 40.0. The van der Waals surface area contributed by atoms with E-state index in [2.05, 4.69) is 0 Å². The second-order valence-corrected chi connectivity index (χ2v) is 12.2. The monoisotopic (exact) mass is 694 g/mol. The summed E-state index contributed by atoms with van der Waals surface area (Å²) >= 11 is 0. The zero-order valence-electron chi connectivity index (χ0n) is 26.2. The summed E-state index contributed by atoms with van der Waals surface area (Å²) in [6.45, 7) is -0.629. The van der Waals surface area contributed by atoms with Crippen LogP contribution in [0.15, 0.2) is 70.2 Å². The van der Waals surface area contributed by atoms with Crippen LogP contribution in [-0.4, -0.2) is 106 Å². The van der Waals surface area contributed by atoms with E-state index in [1.54, 1.807) is 0 Å². The molecule has 0 unspecified atom stereocenters. The van der Waals surface area contributed by atoms with Crippen LogP contribution in [0.2, 0.25) is 0 Å². The molecule has 0 aliphatic heterocycles. The maximum atomic E-state index is 13.1. The zero-order valence-corrected chi connectivity index (χ0v) is 29.0. The van der Waals surface area contributed by atoms with Gasteiger partial charge in [0.05, 0.1) is 26.2 Å². The van der Waals surface area contributed by atoms with Gasteiger partial charge in [0.15, 0.2) is 5.78 Å². The molecule has 48 heavy (non-hydrogen) atoms. The Kier molecular flexibility index (Phi) is 14.0. The molecule has 17 heteroatoms. The molecule has 2 aromatic carbocycles. The Morgan fingerprint density at radius 1 is 0.771 bits per heavy atom. The van der Waals surface area contributed by atoms with Crippen LogP contribution >= 0.6 is 0 Å². The fourth-order valence-corrected chi connectivity index (χ4v) is 5.85. The van der Waals surface area contributed by atoms with Gasteiger partial charge in [-0.3, -0.25) is 38.3 Å². The van der Waals surface area contributed by atoms with Crippen LogP contribution in [0.25, 0.3) is 5.57 Å². The molecule has 0 bridgehead atoms. The van der Waals surface area contributed by atoms with E-state index in [9.17, 15) is 62.5 Å². The van der Waals surface area contributed by atoms with E-state index in [0.717, 1.165) is 15.9 Å². The third-order valence-electron chi connectivity index (χ3n) is 7.01. The Morgan fingerprint density at radius 3 is 1.77 bits per heavy atom. The van der Waals surface area contributed by atoms with Crippen LogP contribution in [0.1, 0.15) is 29.2 Å². The maximum absolute atomic E-state index is 13.1. The molecule has 0 atom stereocenters. The molecule has 0 saturated carbocycles. The summed E-state index contributed by atoms with van der Waals surface area (Å²) in [5.41, 5.74) is 0.978. The standard InChI is InChI=1S/C31H32N2O13S.Na/c1-17-7-24(34)19(11-32(13-27(36)37)14-28(38)39)9-22(17)31(21-5-3-4-6-26(21)47(44,45)46)23-10-20(25(35)8-18(23)2)12-33(15-29(40)41)16-30(42)43;/h3-10,34H,11-16H2,1-2H3,(H,36,37)(H,38,39)(H,40,41)(H,42,43)(H,44,45,46);/q;+1/p-1/b31-23-;. The van der Waals surface area contributed by atoms with Gasteiger partial charge >= 0.3 is 53.4 Å². The summed E-state index contributed by atoms with van der Waals surface area (Å²) in [7, 11) is -4.87. The first-order chi connectivity index (χ1) is 21.9. The molecule has 0 fully saturated rings. The molecule has 0 saturated heterocycles. The Hall–Kier alpha value is -4.16. The number of aryl methyl sites for hydroxylation is 1. The molecule has 15 nitrogen and oxygen atoms in total. The second-order valence-electron chi connectivity index (χ2n) is 10.8. The first-order valence-electron chi connectivity index (χ1n) is 13.7. The number of hydrogen-bond donors (Lipinski definition) is 5. The summed E-state index contributed by atoms with van der Waals surface area (Å²) < 4.78 is 35.2. The summed E-state index contributed by atoms with van der Waals surface area (Å²) in [4.78, 5) is 60.1. The van der Waals surface area contributed by atoms with E-state index >= 15 is 0 Å².